The Bertz CT molecular complexity index is 181. The third kappa shape index (κ3) is 2.29. The maximum atomic E-state index is 3.47. The molecule has 0 spiro atoms. The van der Waals surface area contributed by atoms with Gasteiger partial charge in [0.05, 0.1) is 0 Å². The number of nitrogens with one attached hydrogen (secondary N) is 1. The van der Waals surface area contributed by atoms with Crippen molar-refractivity contribution >= 4 is 0 Å². The van der Waals surface area contributed by atoms with Gasteiger partial charge >= 0.3 is 0 Å². The third-order valence-corrected chi connectivity index (χ3v) is 3.93. The second-order valence-corrected chi connectivity index (χ2v) is 5.22. The number of piperazine rings is 1. The quantitative estimate of drug-likeness (QED) is 0.688. The van der Waals surface area contributed by atoms with E-state index in [0.29, 0.717) is 0 Å². The summed E-state index contributed by atoms with van der Waals surface area (Å²) in [7, 11) is 0. The van der Waals surface area contributed by atoms with Crippen LogP contribution in [0.15, 0.2) is 0 Å². The van der Waals surface area contributed by atoms with Crippen LogP contribution in [-0.2, 0) is 0 Å². The molecule has 0 aromatic heterocycles. The molecule has 1 aliphatic carbocycles. The van der Waals surface area contributed by atoms with Gasteiger partial charge in [0, 0.05) is 31.7 Å². The molecule has 0 aromatic carbocycles. The SMILES string of the molecule is CC1CCCC(N2CCNC[C@H]2C)C1. The molecule has 2 rings (SSSR count). The average Bonchev–Trinajstić information content (AvgIpc) is 2.18. The minimum absolute atomic E-state index is 0.749. The van der Waals surface area contributed by atoms with Crippen molar-refractivity contribution in [1.29, 1.82) is 0 Å². The zero-order valence-corrected chi connectivity index (χ0v) is 9.63. The van der Waals surface area contributed by atoms with Crippen LogP contribution in [0, 0.1) is 5.92 Å². The maximum Gasteiger partial charge on any atom is 0.0195 e. The van der Waals surface area contributed by atoms with E-state index in [-0.39, 0.29) is 0 Å². The van der Waals surface area contributed by atoms with Crippen molar-refractivity contribution in [1.82, 2.24) is 10.2 Å². The van der Waals surface area contributed by atoms with Gasteiger partial charge in [0.2, 0.25) is 0 Å². The third-order valence-electron chi connectivity index (χ3n) is 3.93. The molecule has 2 fully saturated rings. The first kappa shape index (κ1) is 10.4. The molecule has 14 heavy (non-hydrogen) atoms. The molecule has 0 radical (unpaired) electrons. The van der Waals surface area contributed by atoms with E-state index in [0.717, 1.165) is 18.0 Å². The van der Waals surface area contributed by atoms with Crippen LogP contribution in [0.1, 0.15) is 39.5 Å². The molecule has 0 amide bonds. The van der Waals surface area contributed by atoms with E-state index in [4.69, 9.17) is 0 Å². The highest BCUT2D eigenvalue weighted by Crippen LogP contribution is 2.28. The van der Waals surface area contributed by atoms with Crippen molar-refractivity contribution in [3.05, 3.63) is 0 Å². The monoisotopic (exact) mass is 196 g/mol. The van der Waals surface area contributed by atoms with Gasteiger partial charge in [-0.2, -0.15) is 0 Å². The predicted molar refractivity (Wildman–Crippen MR) is 60.5 cm³/mol. The summed E-state index contributed by atoms with van der Waals surface area (Å²) in [5.74, 6) is 0.954. The molecule has 2 nitrogen and oxygen atoms in total. The second-order valence-electron chi connectivity index (χ2n) is 5.22. The van der Waals surface area contributed by atoms with Crippen LogP contribution in [0.3, 0.4) is 0 Å². The standard InChI is InChI=1S/C12H24N2/c1-10-4-3-5-12(8-10)14-7-6-13-9-11(14)2/h10-13H,3-9H2,1-2H3/t10?,11-,12?/m1/s1. The Balaban J connectivity index is 1.91. The van der Waals surface area contributed by atoms with E-state index in [1.807, 2.05) is 0 Å². The molecule has 1 aliphatic heterocycles. The fraction of sp³-hybridized carbons (Fsp3) is 1.00. The topological polar surface area (TPSA) is 15.3 Å². The van der Waals surface area contributed by atoms with Crippen molar-refractivity contribution in [2.45, 2.75) is 51.6 Å². The Morgan fingerprint density at radius 1 is 1.21 bits per heavy atom. The van der Waals surface area contributed by atoms with Gasteiger partial charge in [0.1, 0.15) is 0 Å². The first-order chi connectivity index (χ1) is 6.77. The van der Waals surface area contributed by atoms with Crippen molar-refractivity contribution in [2.75, 3.05) is 19.6 Å². The highest BCUT2D eigenvalue weighted by atomic mass is 15.2. The Kier molecular flexibility index (Phi) is 3.45. The van der Waals surface area contributed by atoms with Crippen molar-refractivity contribution in [3.8, 4) is 0 Å². The van der Waals surface area contributed by atoms with Gasteiger partial charge in [-0.25, -0.2) is 0 Å². The molecule has 2 heteroatoms. The zero-order valence-electron chi connectivity index (χ0n) is 9.63. The van der Waals surface area contributed by atoms with Gasteiger partial charge in [-0.3, -0.25) is 4.90 Å². The number of hydrogen-bond acceptors (Lipinski definition) is 2. The van der Waals surface area contributed by atoms with E-state index in [1.165, 1.54) is 45.3 Å². The first-order valence-electron chi connectivity index (χ1n) is 6.24. The molecule has 3 atom stereocenters. The minimum Gasteiger partial charge on any atom is -0.314 e. The van der Waals surface area contributed by atoms with Gasteiger partial charge in [0.25, 0.3) is 0 Å². The molecule has 1 N–H and O–H groups in total. The minimum atomic E-state index is 0.749. The number of nitrogens with zero attached hydrogens (tertiary/aromatic N) is 1. The van der Waals surface area contributed by atoms with Gasteiger partial charge in [-0.1, -0.05) is 19.8 Å². The fourth-order valence-electron chi connectivity index (χ4n) is 3.10. The van der Waals surface area contributed by atoms with Crippen molar-refractivity contribution in [3.63, 3.8) is 0 Å². The lowest BCUT2D eigenvalue weighted by Crippen LogP contribution is -2.54. The van der Waals surface area contributed by atoms with E-state index in [1.54, 1.807) is 0 Å². The lowest BCUT2D eigenvalue weighted by molar-refractivity contribution is 0.0778. The van der Waals surface area contributed by atoms with E-state index in [2.05, 4.69) is 24.1 Å². The Morgan fingerprint density at radius 3 is 2.79 bits per heavy atom. The van der Waals surface area contributed by atoms with Crippen LogP contribution < -0.4 is 5.32 Å². The van der Waals surface area contributed by atoms with Crippen molar-refractivity contribution in [2.24, 2.45) is 5.92 Å². The van der Waals surface area contributed by atoms with Gasteiger partial charge in [-0.15, -0.1) is 0 Å². The number of hydrogen-bond donors (Lipinski definition) is 1. The molecule has 2 unspecified atom stereocenters. The fourth-order valence-corrected chi connectivity index (χ4v) is 3.10. The molecule has 2 aliphatic rings. The molecule has 82 valence electrons. The smallest absolute Gasteiger partial charge is 0.0195 e. The lowest BCUT2D eigenvalue weighted by atomic mass is 9.85. The summed E-state index contributed by atoms with van der Waals surface area (Å²) in [5, 5.41) is 3.47. The summed E-state index contributed by atoms with van der Waals surface area (Å²) in [6.45, 7) is 8.42. The second kappa shape index (κ2) is 4.63. The summed E-state index contributed by atoms with van der Waals surface area (Å²) >= 11 is 0. The van der Waals surface area contributed by atoms with E-state index in [9.17, 15) is 0 Å². The first-order valence-corrected chi connectivity index (χ1v) is 6.24. The Labute approximate surface area is 88.1 Å². The van der Waals surface area contributed by atoms with Crippen LogP contribution in [0.5, 0.6) is 0 Å². The van der Waals surface area contributed by atoms with Gasteiger partial charge in [-0.05, 0) is 25.7 Å². The largest absolute Gasteiger partial charge is 0.314 e. The van der Waals surface area contributed by atoms with E-state index < -0.39 is 0 Å². The van der Waals surface area contributed by atoms with Gasteiger partial charge in [0.15, 0.2) is 0 Å². The Hall–Kier alpha value is -0.0800. The van der Waals surface area contributed by atoms with Crippen LogP contribution in [0.2, 0.25) is 0 Å². The van der Waals surface area contributed by atoms with Crippen LogP contribution >= 0.6 is 0 Å². The molecule has 0 bridgehead atoms. The molecule has 1 saturated carbocycles. The van der Waals surface area contributed by atoms with Crippen molar-refractivity contribution < 1.29 is 0 Å². The molecule has 0 aromatic rings. The highest BCUT2D eigenvalue weighted by Gasteiger charge is 2.28. The molecule has 1 saturated heterocycles. The highest BCUT2D eigenvalue weighted by molar-refractivity contribution is 4.85. The number of rotatable bonds is 1. The molecular weight excluding hydrogens is 172 g/mol. The summed E-state index contributed by atoms with van der Waals surface area (Å²) in [6, 6.07) is 1.63. The maximum absolute atomic E-state index is 3.47. The molecular formula is C12H24N2. The zero-order chi connectivity index (χ0) is 9.97. The van der Waals surface area contributed by atoms with Gasteiger partial charge < -0.3 is 5.32 Å². The molecule has 1 heterocycles. The lowest BCUT2D eigenvalue weighted by Gasteiger charge is -2.43. The normalized spacial score (nSPS) is 41.1. The van der Waals surface area contributed by atoms with Crippen LogP contribution in [-0.4, -0.2) is 36.6 Å². The van der Waals surface area contributed by atoms with Crippen LogP contribution in [0.25, 0.3) is 0 Å². The van der Waals surface area contributed by atoms with E-state index >= 15 is 0 Å². The predicted octanol–water partition coefficient (Wildman–Crippen LogP) is 1.86. The Morgan fingerprint density at radius 2 is 2.07 bits per heavy atom. The summed E-state index contributed by atoms with van der Waals surface area (Å²) in [5.41, 5.74) is 0. The average molecular weight is 196 g/mol. The summed E-state index contributed by atoms with van der Waals surface area (Å²) in [6.07, 6.45) is 5.78. The summed E-state index contributed by atoms with van der Waals surface area (Å²) in [4.78, 5) is 2.74. The van der Waals surface area contributed by atoms with Crippen LogP contribution in [0.4, 0.5) is 0 Å². The summed E-state index contributed by atoms with van der Waals surface area (Å²) < 4.78 is 0.